The summed E-state index contributed by atoms with van der Waals surface area (Å²) in [4.78, 5) is 26.5. The van der Waals surface area contributed by atoms with E-state index in [1.807, 2.05) is 18.2 Å². The van der Waals surface area contributed by atoms with Crippen molar-refractivity contribution in [1.29, 1.82) is 0 Å². The molecule has 0 aromatic heterocycles. The lowest BCUT2D eigenvalue weighted by atomic mass is 10.2. The van der Waals surface area contributed by atoms with Gasteiger partial charge in [0.05, 0.1) is 17.9 Å². The standard InChI is InChI=1S/C22H28N4O2/c1-23-22(28)17-9-8-10-18(15-17)25-21(27)16-24-19-11-4-5-12-20(19)26-13-6-2-3-7-14-26/h4-5,8-12,15,24H,2-3,6-7,13-14,16H2,1H3,(H,23,28)(H,25,27). The fourth-order valence-electron chi connectivity index (χ4n) is 3.47. The predicted octanol–water partition coefficient (Wildman–Crippen LogP) is 3.48. The third-order valence-electron chi connectivity index (χ3n) is 4.93. The number of para-hydroxylation sites is 2. The normalized spacial score (nSPS) is 14.1. The predicted molar refractivity (Wildman–Crippen MR) is 114 cm³/mol. The highest BCUT2D eigenvalue weighted by Gasteiger charge is 2.14. The first-order chi connectivity index (χ1) is 13.7. The topological polar surface area (TPSA) is 73.5 Å². The van der Waals surface area contributed by atoms with Gasteiger partial charge in [-0.3, -0.25) is 9.59 Å². The molecule has 2 amide bonds. The van der Waals surface area contributed by atoms with E-state index in [0.717, 1.165) is 24.5 Å². The summed E-state index contributed by atoms with van der Waals surface area (Å²) < 4.78 is 0. The van der Waals surface area contributed by atoms with Gasteiger partial charge in [0.15, 0.2) is 0 Å². The highest BCUT2D eigenvalue weighted by Crippen LogP contribution is 2.27. The lowest BCUT2D eigenvalue weighted by Gasteiger charge is -2.25. The van der Waals surface area contributed by atoms with E-state index < -0.39 is 0 Å². The second-order valence-electron chi connectivity index (χ2n) is 6.98. The van der Waals surface area contributed by atoms with Gasteiger partial charge in [0.2, 0.25) is 5.91 Å². The summed E-state index contributed by atoms with van der Waals surface area (Å²) in [6.45, 7) is 2.27. The Hall–Kier alpha value is -3.02. The van der Waals surface area contributed by atoms with Crippen molar-refractivity contribution < 1.29 is 9.59 Å². The van der Waals surface area contributed by atoms with Crippen LogP contribution in [0.25, 0.3) is 0 Å². The first kappa shape index (κ1) is 19.7. The quantitative estimate of drug-likeness (QED) is 0.717. The Morgan fingerprint density at radius 1 is 0.964 bits per heavy atom. The number of carbonyl (C=O) groups excluding carboxylic acids is 2. The maximum Gasteiger partial charge on any atom is 0.251 e. The summed E-state index contributed by atoms with van der Waals surface area (Å²) in [5.74, 6) is -0.333. The van der Waals surface area contributed by atoms with E-state index in [2.05, 4.69) is 26.9 Å². The van der Waals surface area contributed by atoms with Crippen LogP contribution in [0.3, 0.4) is 0 Å². The highest BCUT2D eigenvalue weighted by molar-refractivity contribution is 5.98. The average Bonchev–Trinajstić information content (AvgIpc) is 3.01. The molecule has 1 fully saturated rings. The first-order valence-corrected chi connectivity index (χ1v) is 9.87. The van der Waals surface area contributed by atoms with E-state index in [1.54, 1.807) is 31.3 Å². The number of carbonyl (C=O) groups is 2. The zero-order valence-corrected chi connectivity index (χ0v) is 16.3. The second-order valence-corrected chi connectivity index (χ2v) is 6.98. The summed E-state index contributed by atoms with van der Waals surface area (Å²) in [6.07, 6.45) is 4.97. The summed E-state index contributed by atoms with van der Waals surface area (Å²) in [5, 5.41) is 8.69. The Morgan fingerprint density at radius 2 is 1.71 bits per heavy atom. The SMILES string of the molecule is CNC(=O)c1cccc(NC(=O)CNc2ccccc2N2CCCCCC2)c1. The van der Waals surface area contributed by atoms with Crippen LogP contribution < -0.4 is 20.9 Å². The van der Waals surface area contributed by atoms with Crippen molar-refractivity contribution in [3.8, 4) is 0 Å². The lowest BCUT2D eigenvalue weighted by Crippen LogP contribution is -2.27. The molecular weight excluding hydrogens is 352 g/mol. The molecule has 2 aromatic carbocycles. The molecule has 1 saturated heterocycles. The number of hydrogen-bond donors (Lipinski definition) is 3. The van der Waals surface area contributed by atoms with Crippen LogP contribution in [0.1, 0.15) is 36.0 Å². The Morgan fingerprint density at radius 3 is 2.46 bits per heavy atom. The van der Waals surface area contributed by atoms with Crippen molar-refractivity contribution in [2.75, 3.05) is 42.2 Å². The first-order valence-electron chi connectivity index (χ1n) is 9.87. The number of nitrogens with one attached hydrogen (secondary N) is 3. The Bertz CT molecular complexity index is 814. The molecular formula is C22H28N4O2. The molecule has 0 saturated carbocycles. The third kappa shape index (κ3) is 5.25. The maximum atomic E-state index is 12.4. The van der Waals surface area contributed by atoms with Crippen molar-refractivity contribution in [2.45, 2.75) is 25.7 Å². The van der Waals surface area contributed by atoms with Gasteiger partial charge in [0.1, 0.15) is 0 Å². The minimum atomic E-state index is -0.180. The second kappa shape index (κ2) is 9.78. The van der Waals surface area contributed by atoms with Gasteiger partial charge in [-0.2, -0.15) is 0 Å². The molecule has 6 heteroatoms. The number of anilines is 3. The minimum Gasteiger partial charge on any atom is -0.374 e. The number of hydrogen-bond acceptors (Lipinski definition) is 4. The smallest absolute Gasteiger partial charge is 0.251 e. The van der Waals surface area contributed by atoms with Gasteiger partial charge < -0.3 is 20.9 Å². The molecule has 28 heavy (non-hydrogen) atoms. The summed E-state index contributed by atoms with van der Waals surface area (Å²) in [6, 6.07) is 15.0. The molecule has 1 heterocycles. The maximum absolute atomic E-state index is 12.4. The number of rotatable bonds is 6. The van der Waals surface area contributed by atoms with Crippen LogP contribution in [0.5, 0.6) is 0 Å². The minimum absolute atomic E-state index is 0.153. The number of amides is 2. The lowest BCUT2D eigenvalue weighted by molar-refractivity contribution is -0.114. The monoisotopic (exact) mass is 380 g/mol. The zero-order chi connectivity index (χ0) is 19.8. The van der Waals surface area contributed by atoms with Gasteiger partial charge in [-0.25, -0.2) is 0 Å². The van der Waals surface area contributed by atoms with E-state index in [0.29, 0.717) is 11.3 Å². The molecule has 2 aromatic rings. The molecule has 148 valence electrons. The zero-order valence-electron chi connectivity index (χ0n) is 16.3. The van der Waals surface area contributed by atoms with Crippen LogP contribution >= 0.6 is 0 Å². The molecule has 0 spiro atoms. The molecule has 0 radical (unpaired) electrons. The van der Waals surface area contributed by atoms with Gasteiger partial charge in [-0.1, -0.05) is 31.0 Å². The Balaban J connectivity index is 1.61. The van der Waals surface area contributed by atoms with Gasteiger partial charge in [0.25, 0.3) is 5.91 Å². The molecule has 6 nitrogen and oxygen atoms in total. The molecule has 0 unspecified atom stereocenters. The van der Waals surface area contributed by atoms with E-state index in [1.165, 1.54) is 25.7 Å². The van der Waals surface area contributed by atoms with Gasteiger partial charge >= 0.3 is 0 Å². The molecule has 3 rings (SSSR count). The van der Waals surface area contributed by atoms with Crippen LogP contribution in [0.15, 0.2) is 48.5 Å². The summed E-state index contributed by atoms with van der Waals surface area (Å²) in [5.41, 5.74) is 3.24. The molecule has 0 aliphatic carbocycles. The van der Waals surface area contributed by atoms with Gasteiger partial charge in [0, 0.05) is 31.4 Å². The van der Waals surface area contributed by atoms with E-state index in [9.17, 15) is 9.59 Å². The molecule has 0 bridgehead atoms. The van der Waals surface area contributed by atoms with Gasteiger partial charge in [-0.15, -0.1) is 0 Å². The van der Waals surface area contributed by atoms with Gasteiger partial charge in [-0.05, 0) is 43.2 Å². The van der Waals surface area contributed by atoms with Crippen molar-refractivity contribution in [3.05, 3.63) is 54.1 Å². The van der Waals surface area contributed by atoms with E-state index >= 15 is 0 Å². The summed E-state index contributed by atoms with van der Waals surface area (Å²) in [7, 11) is 1.58. The van der Waals surface area contributed by atoms with Crippen LogP contribution in [0, 0.1) is 0 Å². The van der Waals surface area contributed by atoms with Crippen LogP contribution in [0.4, 0.5) is 17.1 Å². The van der Waals surface area contributed by atoms with Crippen molar-refractivity contribution >= 4 is 28.9 Å². The molecule has 1 aliphatic heterocycles. The molecule has 1 aliphatic rings. The van der Waals surface area contributed by atoms with Crippen LogP contribution in [-0.4, -0.2) is 38.5 Å². The fourth-order valence-corrected chi connectivity index (χ4v) is 3.47. The van der Waals surface area contributed by atoms with Crippen LogP contribution in [-0.2, 0) is 4.79 Å². The van der Waals surface area contributed by atoms with Crippen molar-refractivity contribution in [2.24, 2.45) is 0 Å². The van der Waals surface area contributed by atoms with Crippen molar-refractivity contribution in [3.63, 3.8) is 0 Å². The van der Waals surface area contributed by atoms with Crippen LogP contribution in [0.2, 0.25) is 0 Å². The Kier molecular flexibility index (Phi) is 6.89. The van der Waals surface area contributed by atoms with Crippen molar-refractivity contribution in [1.82, 2.24) is 5.32 Å². The third-order valence-corrected chi connectivity index (χ3v) is 4.93. The fraction of sp³-hybridized carbons (Fsp3) is 0.364. The largest absolute Gasteiger partial charge is 0.374 e. The van der Waals surface area contributed by atoms with E-state index in [4.69, 9.17) is 0 Å². The molecule has 0 atom stereocenters. The number of nitrogens with zero attached hydrogens (tertiary/aromatic N) is 1. The summed E-state index contributed by atoms with van der Waals surface area (Å²) >= 11 is 0. The Labute approximate surface area is 166 Å². The number of benzene rings is 2. The average molecular weight is 380 g/mol. The molecule has 3 N–H and O–H groups in total. The highest BCUT2D eigenvalue weighted by atomic mass is 16.2. The van der Waals surface area contributed by atoms with E-state index in [-0.39, 0.29) is 18.4 Å².